The van der Waals surface area contributed by atoms with Crippen molar-refractivity contribution in [1.29, 1.82) is 0 Å². The zero-order valence-electron chi connectivity index (χ0n) is 13.8. The van der Waals surface area contributed by atoms with Gasteiger partial charge in [0.2, 0.25) is 0 Å². The summed E-state index contributed by atoms with van der Waals surface area (Å²) in [5, 5.41) is 15.2. The van der Waals surface area contributed by atoms with Crippen LogP contribution in [0.1, 0.15) is 11.5 Å². The molecule has 0 saturated carbocycles. The van der Waals surface area contributed by atoms with Gasteiger partial charge in [-0.3, -0.25) is 4.79 Å². The van der Waals surface area contributed by atoms with Crippen molar-refractivity contribution >= 4 is 29.0 Å². The molecule has 26 heavy (non-hydrogen) atoms. The van der Waals surface area contributed by atoms with Crippen molar-refractivity contribution in [2.24, 2.45) is 0 Å². The maximum atomic E-state index is 12.3. The Morgan fingerprint density at radius 3 is 2.42 bits per heavy atom. The van der Waals surface area contributed by atoms with E-state index in [1.54, 1.807) is 18.2 Å². The topological polar surface area (TPSA) is 55.1 Å². The Balaban J connectivity index is 2.30. The summed E-state index contributed by atoms with van der Waals surface area (Å²) in [6, 6.07) is 16.5. The van der Waals surface area contributed by atoms with Gasteiger partial charge in [0.05, 0.1) is 28.9 Å². The summed E-state index contributed by atoms with van der Waals surface area (Å²) >= 11 is 12.9. The minimum atomic E-state index is -0.872. The van der Waals surface area contributed by atoms with E-state index in [2.05, 4.69) is 11.7 Å². The highest BCUT2D eigenvalue weighted by atomic mass is 35.5. The predicted octanol–water partition coefficient (Wildman–Crippen LogP) is 4.68. The fourth-order valence-electron chi connectivity index (χ4n) is 2.78. The molecule has 2 aromatic carbocycles. The third-order valence-corrected chi connectivity index (χ3v) is 4.76. The quantitative estimate of drug-likeness (QED) is 0.625. The van der Waals surface area contributed by atoms with Crippen molar-refractivity contribution in [3.8, 4) is 16.9 Å². The lowest BCUT2D eigenvalue weighted by Gasteiger charge is -2.12. The first kappa shape index (κ1) is 18.4. The van der Waals surface area contributed by atoms with Gasteiger partial charge in [-0.1, -0.05) is 66.2 Å². The number of aromatic nitrogens is 2. The molecular weight excluding hydrogens is 371 g/mol. The molecule has 0 aliphatic carbocycles. The van der Waals surface area contributed by atoms with Crippen LogP contribution in [0.3, 0.4) is 0 Å². The number of carbonyl (C=O) groups is 1. The minimum Gasteiger partial charge on any atom is -0.395 e. The van der Waals surface area contributed by atoms with Crippen LogP contribution in [0.2, 0.25) is 10.2 Å². The van der Waals surface area contributed by atoms with E-state index in [4.69, 9.17) is 23.2 Å². The normalized spacial score (nSPS) is 12.0. The largest absolute Gasteiger partial charge is 0.395 e. The lowest BCUT2D eigenvalue weighted by Crippen LogP contribution is -2.15. The Morgan fingerprint density at radius 2 is 1.81 bits per heavy atom. The fourth-order valence-corrected chi connectivity index (χ4v) is 3.36. The van der Waals surface area contributed by atoms with E-state index in [9.17, 15) is 9.90 Å². The van der Waals surface area contributed by atoms with Crippen LogP contribution >= 0.6 is 23.2 Å². The Bertz CT molecular complexity index is 952. The van der Waals surface area contributed by atoms with Crippen LogP contribution in [0.5, 0.6) is 0 Å². The molecule has 4 nitrogen and oxygen atoms in total. The molecule has 1 atom stereocenters. The van der Waals surface area contributed by atoms with Gasteiger partial charge in [-0.25, -0.2) is 4.68 Å². The highest BCUT2D eigenvalue weighted by Crippen LogP contribution is 2.39. The zero-order chi connectivity index (χ0) is 18.7. The Kier molecular flexibility index (Phi) is 5.57. The summed E-state index contributed by atoms with van der Waals surface area (Å²) in [5.41, 5.74) is 2.26. The number of carbonyl (C=O) groups excluding carboxylic acids is 1. The summed E-state index contributed by atoms with van der Waals surface area (Å²) < 4.78 is 1.54. The van der Waals surface area contributed by atoms with Crippen LogP contribution in [0.4, 0.5) is 0 Å². The van der Waals surface area contributed by atoms with E-state index in [0.29, 0.717) is 21.8 Å². The highest BCUT2D eigenvalue weighted by Gasteiger charge is 2.29. The second-order valence-corrected chi connectivity index (χ2v) is 6.39. The number of hydrogen-bond acceptors (Lipinski definition) is 3. The highest BCUT2D eigenvalue weighted by molar-refractivity contribution is 6.34. The van der Waals surface area contributed by atoms with E-state index in [0.717, 1.165) is 5.69 Å². The molecule has 0 amide bonds. The number of hydrogen-bond donors (Lipinski definition) is 1. The standard InChI is InChI=1S/C20H16Cl2N2O2/c1-2-17(26)15(12-25)18-19(14-10-6-7-11-16(14)21)23-24(20(18)22)13-8-4-3-5-9-13/h2-11,15,25H,1,12H2. The number of para-hydroxylation sites is 1. The van der Waals surface area contributed by atoms with Crippen LogP contribution in [0, 0.1) is 0 Å². The van der Waals surface area contributed by atoms with Crippen molar-refractivity contribution in [2.75, 3.05) is 6.61 Å². The van der Waals surface area contributed by atoms with Crippen LogP contribution in [-0.4, -0.2) is 27.3 Å². The van der Waals surface area contributed by atoms with Crippen LogP contribution in [0.25, 0.3) is 16.9 Å². The molecule has 132 valence electrons. The maximum absolute atomic E-state index is 12.3. The van der Waals surface area contributed by atoms with E-state index in [1.807, 2.05) is 36.4 Å². The monoisotopic (exact) mass is 386 g/mol. The number of benzene rings is 2. The molecule has 0 spiro atoms. The van der Waals surface area contributed by atoms with Crippen LogP contribution in [0.15, 0.2) is 67.3 Å². The molecule has 3 rings (SSSR count). The number of aliphatic hydroxyl groups excluding tert-OH is 1. The summed E-state index contributed by atoms with van der Waals surface area (Å²) in [7, 11) is 0. The summed E-state index contributed by atoms with van der Waals surface area (Å²) in [6.45, 7) is 3.10. The van der Waals surface area contributed by atoms with E-state index in [-0.39, 0.29) is 10.9 Å². The molecular formula is C20H16Cl2N2O2. The van der Waals surface area contributed by atoms with Gasteiger partial charge in [0.1, 0.15) is 5.15 Å². The van der Waals surface area contributed by atoms with E-state index >= 15 is 0 Å². The summed E-state index contributed by atoms with van der Waals surface area (Å²) in [6.07, 6.45) is 1.17. The van der Waals surface area contributed by atoms with E-state index < -0.39 is 12.5 Å². The smallest absolute Gasteiger partial charge is 0.165 e. The van der Waals surface area contributed by atoms with Gasteiger partial charge in [-0.05, 0) is 24.3 Å². The molecule has 6 heteroatoms. The molecule has 0 aliphatic rings. The fraction of sp³-hybridized carbons (Fsp3) is 0.100. The van der Waals surface area contributed by atoms with Gasteiger partial charge < -0.3 is 5.11 Å². The zero-order valence-corrected chi connectivity index (χ0v) is 15.3. The molecule has 0 fully saturated rings. The summed E-state index contributed by atoms with van der Waals surface area (Å²) in [5.74, 6) is -1.21. The number of allylic oxidation sites excluding steroid dienone is 1. The molecule has 1 aromatic heterocycles. The molecule has 0 saturated heterocycles. The SMILES string of the molecule is C=CC(=O)C(CO)c1c(-c2ccccc2Cl)nn(-c2ccccc2)c1Cl. The predicted molar refractivity (Wildman–Crippen MR) is 104 cm³/mol. The first-order valence-corrected chi connectivity index (χ1v) is 8.70. The number of aliphatic hydroxyl groups is 1. The Morgan fingerprint density at radius 1 is 1.15 bits per heavy atom. The molecule has 1 N–H and O–H groups in total. The third-order valence-electron chi connectivity index (χ3n) is 4.07. The minimum absolute atomic E-state index is 0.250. The first-order valence-electron chi connectivity index (χ1n) is 7.94. The third kappa shape index (κ3) is 3.31. The van der Waals surface area contributed by atoms with Crippen molar-refractivity contribution in [3.63, 3.8) is 0 Å². The number of rotatable bonds is 6. The average molecular weight is 387 g/mol. The second-order valence-electron chi connectivity index (χ2n) is 5.62. The van der Waals surface area contributed by atoms with Gasteiger partial charge in [-0.15, -0.1) is 0 Å². The maximum Gasteiger partial charge on any atom is 0.165 e. The number of ketones is 1. The van der Waals surface area contributed by atoms with Crippen LogP contribution in [-0.2, 0) is 4.79 Å². The van der Waals surface area contributed by atoms with Gasteiger partial charge >= 0.3 is 0 Å². The number of halogens is 2. The molecule has 0 bridgehead atoms. The summed E-state index contributed by atoms with van der Waals surface area (Å²) in [4.78, 5) is 12.3. The Labute approximate surface area is 161 Å². The van der Waals surface area contributed by atoms with Crippen molar-refractivity contribution in [2.45, 2.75) is 5.92 Å². The van der Waals surface area contributed by atoms with Crippen molar-refractivity contribution in [1.82, 2.24) is 9.78 Å². The lowest BCUT2D eigenvalue weighted by molar-refractivity contribution is -0.116. The molecule has 3 aromatic rings. The van der Waals surface area contributed by atoms with E-state index in [1.165, 1.54) is 10.8 Å². The second kappa shape index (κ2) is 7.87. The molecule has 1 unspecified atom stereocenters. The van der Waals surface area contributed by atoms with Gasteiger partial charge in [0.15, 0.2) is 5.78 Å². The van der Waals surface area contributed by atoms with Crippen molar-refractivity contribution < 1.29 is 9.90 Å². The van der Waals surface area contributed by atoms with Gasteiger partial charge in [0, 0.05) is 11.1 Å². The number of nitrogens with zero attached hydrogens (tertiary/aromatic N) is 2. The average Bonchev–Trinajstić information content (AvgIpc) is 3.00. The lowest BCUT2D eigenvalue weighted by atomic mass is 9.93. The van der Waals surface area contributed by atoms with Gasteiger partial charge in [-0.2, -0.15) is 5.10 Å². The first-order chi connectivity index (χ1) is 12.6. The molecule has 1 heterocycles. The van der Waals surface area contributed by atoms with Gasteiger partial charge in [0.25, 0.3) is 0 Å². The molecule has 0 aliphatic heterocycles. The molecule has 0 radical (unpaired) electrons. The van der Waals surface area contributed by atoms with Crippen molar-refractivity contribution in [3.05, 3.63) is 83.0 Å². The van der Waals surface area contributed by atoms with Crippen LogP contribution < -0.4 is 0 Å². The Hall–Kier alpha value is -2.40.